The summed E-state index contributed by atoms with van der Waals surface area (Å²) in [7, 11) is -1.03. The van der Waals surface area contributed by atoms with E-state index in [1.54, 1.807) is 11.0 Å². The summed E-state index contributed by atoms with van der Waals surface area (Å²) in [6, 6.07) is 9.22. The quantitative estimate of drug-likeness (QED) is 0.471. The first-order valence-electron chi connectivity index (χ1n) is 17.8. The van der Waals surface area contributed by atoms with E-state index in [0.29, 0.717) is 61.4 Å². The molecule has 5 aliphatic heterocycles. The minimum atomic E-state index is -2.89. The van der Waals surface area contributed by atoms with Gasteiger partial charge in [0.15, 0.2) is 5.82 Å². The third-order valence-corrected chi connectivity index (χ3v) is 14.0. The molecule has 1 aromatic heterocycles. The minimum Gasteiger partial charge on any atom is -0.339 e. The number of aromatic nitrogens is 3. The first kappa shape index (κ1) is 32.1. The van der Waals surface area contributed by atoms with Crippen LogP contribution in [-0.2, 0) is 26.5 Å². The Hall–Kier alpha value is -3.13. The first-order valence-corrected chi connectivity index (χ1v) is 19.7. The van der Waals surface area contributed by atoms with Crippen LogP contribution in [-0.4, -0.2) is 119 Å². The van der Waals surface area contributed by atoms with E-state index in [-0.39, 0.29) is 29.3 Å². The molecule has 8 rings (SSSR count). The van der Waals surface area contributed by atoms with Crippen molar-refractivity contribution in [1.82, 2.24) is 40.3 Å². The molecule has 5 fully saturated rings. The SMILES string of the molecule is Cn1cnc(-c2ccc(C3=CCN(C(=O)CN4CC[C@]5(CCN(C6CCC7NNC(C8CCS(=O)(=O)CC8)C7C6)C5=O)C4)CC3)cc2)n1. The van der Waals surface area contributed by atoms with Gasteiger partial charge in [-0.05, 0) is 80.9 Å². The molecule has 2 amide bonds. The Morgan fingerprint density at radius 3 is 2.50 bits per heavy atom. The lowest BCUT2D eigenvalue weighted by Crippen LogP contribution is -2.49. The van der Waals surface area contributed by atoms with Gasteiger partial charge in [-0.3, -0.25) is 30.0 Å². The van der Waals surface area contributed by atoms with E-state index in [1.807, 2.05) is 11.9 Å². The van der Waals surface area contributed by atoms with Crippen molar-refractivity contribution >= 4 is 27.2 Å². The molecule has 6 aliphatic rings. The van der Waals surface area contributed by atoms with Crippen molar-refractivity contribution in [1.29, 1.82) is 0 Å². The van der Waals surface area contributed by atoms with Crippen LogP contribution < -0.4 is 10.9 Å². The molecule has 4 saturated heterocycles. The first-order chi connectivity index (χ1) is 23.2. The smallest absolute Gasteiger partial charge is 0.237 e. The number of hydrazine groups is 1. The predicted molar refractivity (Wildman–Crippen MR) is 182 cm³/mol. The average molecular weight is 677 g/mol. The highest BCUT2D eigenvalue weighted by molar-refractivity contribution is 7.91. The summed E-state index contributed by atoms with van der Waals surface area (Å²) in [6.07, 6.45) is 10.8. The molecule has 2 aromatic rings. The van der Waals surface area contributed by atoms with Crippen molar-refractivity contribution in [3.63, 3.8) is 0 Å². The Bertz CT molecular complexity index is 1680. The second-order valence-electron chi connectivity index (χ2n) is 15.2. The van der Waals surface area contributed by atoms with Crippen LogP contribution in [0.4, 0.5) is 0 Å². The van der Waals surface area contributed by atoms with Crippen molar-refractivity contribution < 1.29 is 18.0 Å². The lowest BCUT2D eigenvalue weighted by atomic mass is 9.74. The zero-order chi connectivity index (χ0) is 33.0. The molecule has 1 saturated carbocycles. The van der Waals surface area contributed by atoms with Crippen molar-refractivity contribution in [2.45, 2.75) is 69.5 Å². The van der Waals surface area contributed by atoms with Gasteiger partial charge >= 0.3 is 0 Å². The van der Waals surface area contributed by atoms with Crippen molar-refractivity contribution in [2.75, 3.05) is 50.8 Å². The standard InChI is InChI=1S/C35H48N8O4S/c1-40-23-36-33(39-40)27-4-2-24(3-5-27)25-8-14-42(15-9-25)31(44)21-41-16-12-35(22-41)13-17-43(34(35)45)28-6-7-30-29(20-28)32(38-37-30)26-10-18-48(46,47)19-11-26/h2-5,8,23,26,28-30,32,37-38H,6-7,9-22H2,1H3/t28?,29?,30?,32?,35-/m0/s1. The van der Waals surface area contributed by atoms with E-state index in [4.69, 9.17) is 0 Å². The number of carbonyl (C=O) groups is 2. The second-order valence-corrected chi connectivity index (χ2v) is 17.5. The maximum Gasteiger partial charge on any atom is 0.237 e. The van der Waals surface area contributed by atoms with Gasteiger partial charge in [0.25, 0.3) is 0 Å². The number of sulfone groups is 1. The Balaban J connectivity index is 0.836. The number of nitrogens with one attached hydrogen (secondary N) is 2. The molecule has 48 heavy (non-hydrogen) atoms. The fourth-order valence-corrected chi connectivity index (χ4v) is 11.0. The molecule has 1 aliphatic carbocycles. The fourth-order valence-electron chi connectivity index (χ4n) is 9.51. The number of nitrogens with zero attached hydrogens (tertiary/aromatic N) is 6. The van der Waals surface area contributed by atoms with Crippen LogP contribution in [0.25, 0.3) is 17.0 Å². The Kier molecular flexibility index (Phi) is 8.45. The van der Waals surface area contributed by atoms with E-state index >= 15 is 0 Å². The maximum atomic E-state index is 14.1. The van der Waals surface area contributed by atoms with Crippen LogP contribution in [0.2, 0.25) is 0 Å². The van der Waals surface area contributed by atoms with Crippen LogP contribution in [0, 0.1) is 17.3 Å². The molecular weight excluding hydrogens is 629 g/mol. The summed E-state index contributed by atoms with van der Waals surface area (Å²) in [6.45, 7) is 3.93. The molecule has 5 atom stereocenters. The highest BCUT2D eigenvalue weighted by atomic mass is 32.2. The van der Waals surface area contributed by atoms with Gasteiger partial charge < -0.3 is 9.80 Å². The van der Waals surface area contributed by atoms with Crippen molar-refractivity contribution in [3.8, 4) is 11.4 Å². The number of carbonyl (C=O) groups excluding carboxylic acids is 2. The average Bonchev–Trinajstić information content (AvgIpc) is 3.89. The Labute approximate surface area is 283 Å². The van der Waals surface area contributed by atoms with E-state index in [9.17, 15) is 18.0 Å². The summed E-state index contributed by atoms with van der Waals surface area (Å²) >= 11 is 0. The molecule has 6 heterocycles. The molecule has 258 valence electrons. The topological polar surface area (TPSA) is 133 Å². The van der Waals surface area contributed by atoms with Crippen LogP contribution in [0.3, 0.4) is 0 Å². The molecule has 2 N–H and O–H groups in total. The molecule has 13 heteroatoms. The zero-order valence-corrected chi connectivity index (χ0v) is 28.7. The summed E-state index contributed by atoms with van der Waals surface area (Å²) in [4.78, 5) is 38.1. The molecule has 1 aromatic carbocycles. The summed E-state index contributed by atoms with van der Waals surface area (Å²) < 4.78 is 25.8. The summed E-state index contributed by atoms with van der Waals surface area (Å²) in [5.41, 5.74) is 10.1. The third-order valence-electron chi connectivity index (χ3n) is 12.3. The molecule has 0 radical (unpaired) electrons. The number of likely N-dealkylation sites (tertiary alicyclic amines) is 2. The maximum absolute atomic E-state index is 14.1. The molecule has 4 unspecified atom stereocenters. The number of fused-ring (bicyclic) bond motifs is 1. The van der Waals surface area contributed by atoms with Crippen molar-refractivity contribution in [3.05, 3.63) is 42.2 Å². The zero-order valence-electron chi connectivity index (χ0n) is 27.9. The van der Waals surface area contributed by atoms with Gasteiger partial charge in [-0.25, -0.2) is 13.4 Å². The predicted octanol–water partition coefficient (Wildman–Crippen LogP) is 1.86. The largest absolute Gasteiger partial charge is 0.339 e. The lowest BCUT2D eigenvalue weighted by molar-refractivity contribution is -0.139. The second kappa shape index (κ2) is 12.6. The van der Waals surface area contributed by atoms with Gasteiger partial charge in [-0.15, -0.1) is 0 Å². The molecular formula is C35H48N8O4S. The molecule has 1 spiro atoms. The number of rotatable bonds is 6. The van der Waals surface area contributed by atoms with Crippen LogP contribution in [0.5, 0.6) is 0 Å². The number of aryl methyl sites for hydroxylation is 1. The molecule has 12 nitrogen and oxygen atoms in total. The normalized spacial score (nSPS) is 32.6. The fraction of sp³-hybridized carbons (Fsp3) is 0.657. The number of hydrogen-bond acceptors (Lipinski definition) is 9. The number of hydrogen-bond donors (Lipinski definition) is 2. The van der Waals surface area contributed by atoms with E-state index in [2.05, 4.69) is 61.1 Å². The van der Waals surface area contributed by atoms with E-state index in [1.165, 1.54) is 11.1 Å². The lowest BCUT2D eigenvalue weighted by Gasteiger charge is -2.40. The summed E-state index contributed by atoms with van der Waals surface area (Å²) in [5, 5.41) is 4.38. The summed E-state index contributed by atoms with van der Waals surface area (Å²) in [5.74, 6) is 2.50. The Morgan fingerprint density at radius 1 is 1.00 bits per heavy atom. The van der Waals surface area contributed by atoms with Gasteiger partial charge in [-0.1, -0.05) is 30.3 Å². The Morgan fingerprint density at radius 2 is 1.77 bits per heavy atom. The van der Waals surface area contributed by atoms with Gasteiger partial charge in [-0.2, -0.15) is 5.10 Å². The minimum absolute atomic E-state index is 0.141. The number of benzene rings is 1. The van der Waals surface area contributed by atoms with Gasteiger partial charge in [0, 0.05) is 56.9 Å². The van der Waals surface area contributed by atoms with E-state index < -0.39 is 9.84 Å². The molecule has 0 bridgehead atoms. The van der Waals surface area contributed by atoms with Crippen molar-refractivity contribution in [2.24, 2.45) is 24.3 Å². The van der Waals surface area contributed by atoms with Crippen LogP contribution in [0.15, 0.2) is 36.7 Å². The van der Waals surface area contributed by atoms with Gasteiger partial charge in [0.05, 0.1) is 23.5 Å². The van der Waals surface area contributed by atoms with Gasteiger partial charge in [0.2, 0.25) is 11.8 Å². The van der Waals surface area contributed by atoms with Crippen LogP contribution >= 0.6 is 0 Å². The third kappa shape index (κ3) is 6.11. The van der Waals surface area contributed by atoms with Crippen LogP contribution in [0.1, 0.15) is 56.9 Å². The monoisotopic (exact) mass is 676 g/mol. The highest BCUT2D eigenvalue weighted by Gasteiger charge is 2.54. The van der Waals surface area contributed by atoms with Gasteiger partial charge in [0.1, 0.15) is 16.2 Å². The highest BCUT2D eigenvalue weighted by Crippen LogP contribution is 2.45. The van der Waals surface area contributed by atoms with E-state index in [0.717, 1.165) is 70.0 Å². The number of amides is 2.